The fraction of sp³-hybridized carbons (Fsp3) is 0.238. The Kier molecular flexibility index (Phi) is 4.81. The van der Waals surface area contributed by atoms with Gasteiger partial charge in [0.05, 0.1) is 17.1 Å². The van der Waals surface area contributed by atoms with E-state index in [9.17, 15) is 23.5 Å². The number of anilines is 2. The van der Waals surface area contributed by atoms with Gasteiger partial charge in [-0.3, -0.25) is 4.79 Å². The molecule has 154 valence electrons. The number of para-hydroxylation sites is 1. The maximum Gasteiger partial charge on any atom is 0.337 e. The number of benzene rings is 2. The lowest BCUT2D eigenvalue weighted by Gasteiger charge is -2.17. The second-order valence-corrected chi connectivity index (χ2v) is 7.23. The largest absolute Gasteiger partial charge is 0.478 e. The molecular weight excluding hydrogens is 394 g/mol. The molecule has 1 amide bonds. The van der Waals surface area contributed by atoms with Crippen molar-refractivity contribution in [2.45, 2.75) is 25.3 Å². The molecule has 1 fully saturated rings. The summed E-state index contributed by atoms with van der Waals surface area (Å²) in [5.74, 6) is -5.50. The Labute approximate surface area is 170 Å². The number of carbonyl (C=O) groups excluding carboxylic acids is 1. The van der Waals surface area contributed by atoms with Gasteiger partial charge in [-0.2, -0.15) is 0 Å². The number of hydrogen-bond donors (Lipinski definition) is 3. The van der Waals surface area contributed by atoms with E-state index in [2.05, 4.69) is 20.6 Å². The molecule has 1 aliphatic rings. The molecule has 3 aromatic rings. The number of aromatic nitrogens is 2. The van der Waals surface area contributed by atoms with E-state index in [0.29, 0.717) is 22.4 Å². The average molecular weight is 412 g/mol. The minimum Gasteiger partial charge on any atom is -0.478 e. The summed E-state index contributed by atoms with van der Waals surface area (Å²) in [6, 6.07) is 11.4. The number of rotatable bonds is 6. The van der Waals surface area contributed by atoms with Gasteiger partial charge in [-0.05, 0) is 36.8 Å². The van der Waals surface area contributed by atoms with Gasteiger partial charge in [0, 0.05) is 17.5 Å². The number of fused-ring (bicyclic) bond motifs is 1. The van der Waals surface area contributed by atoms with Crippen LogP contribution in [-0.4, -0.2) is 32.9 Å². The number of amides is 1. The van der Waals surface area contributed by atoms with Crippen LogP contribution in [0.3, 0.4) is 0 Å². The summed E-state index contributed by atoms with van der Waals surface area (Å²) in [6.07, 6.45) is 0.867. The first-order valence-corrected chi connectivity index (χ1v) is 9.28. The van der Waals surface area contributed by atoms with E-state index in [0.717, 1.165) is 5.56 Å². The van der Waals surface area contributed by atoms with Crippen LogP contribution in [0.25, 0.3) is 10.9 Å². The van der Waals surface area contributed by atoms with E-state index >= 15 is 0 Å². The number of carboxylic acid groups (broad SMARTS) is 1. The molecule has 9 heteroatoms. The molecule has 1 aromatic heterocycles. The minimum atomic E-state index is -2.92. The van der Waals surface area contributed by atoms with Crippen LogP contribution in [0.1, 0.15) is 35.3 Å². The third-order valence-electron chi connectivity index (χ3n) is 5.05. The molecule has 2 aromatic carbocycles. The van der Waals surface area contributed by atoms with Crippen molar-refractivity contribution in [1.82, 2.24) is 9.97 Å². The van der Waals surface area contributed by atoms with Gasteiger partial charge in [-0.25, -0.2) is 23.5 Å². The lowest BCUT2D eigenvalue weighted by atomic mass is 10.1. The molecule has 1 saturated carbocycles. The Morgan fingerprint density at radius 1 is 1.20 bits per heavy atom. The lowest BCUT2D eigenvalue weighted by molar-refractivity contribution is -0.119. The molecule has 1 heterocycles. The minimum absolute atomic E-state index is 0.0761. The number of carbonyl (C=O) groups is 2. The summed E-state index contributed by atoms with van der Waals surface area (Å²) in [6.45, 7) is 1.87. The summed E-state index contributed by atoms with van der Waals surface area (Å²) >= 11 is 0. The van der Waals surface area contributed by atoms with Crippen molar-refractivity contribution in [3.8, 4) is 0 Å². The second-order valence-electron chi connectivity index (χ2n) is 7.23. The molecular formula is C21H18F2N4O3. The van der Waals surface area contributed by atoms with Crippen LogP contribution < -0.4 is 10.6 Å². The summed E-state index contributed by atoms with van der Waals surface area (Å²) in [7, 11) is 0. The number of aromatic carboxylic acids is 1. The molecule has 2 unspecified atom stereocenters. The zero-order chi connectivity index (χ0) is 21.5. The van der Waals surface area contributed by atoms with Crippen molar-refractivity contribution in [3.05, 3.63) is 59.9 Å². The first-order valence-electron chi connectivity index (χ1n) is 9.28. The van der Waals surface area contributed by atoms with Crippen LogP contribution in [0.2, 0.25) is 0 Å². The van der Waals surface area contributed by atoms with Crippen molar-refractivity contribution in [2.75, 3.05) is 10.6 Å². The van der Waals surface area contributed by atoms with Gasteiger partial charge >= 0.3 is 5.97 Å². The third-order valence-corrected chi connectivity index (χ3v) is 5.05. The highest BCUT2D eigenvalue weighted by molar-refractivity contribution is 6.04. The van der Waals surface area contributed by atoms with E-state index in [1.54, 1.807) is 30.3 Å². The second kappa shape index (κ2) is 7.33. The highest BCUT2D eigenvalue weighted by atomic mass is 19.3. The van der Waals surface area contributed by atoms with Crippen LogP contribution >= 0.6 is 0 Å². The van der Waals surface area contributed by atoms with Gasteiger partial charge in [0.25, 0.3) is 5.92 Å². The number of nitrogens with zero attached hydrogens (tertiary/aromatic N) is 2. The maximum atomic E-state index is 13.1. The molecule has 4 rings (SSSR count). The van der Waals surface area contributed by atoms with Gasteiger partial charge in [-0.1, -0.05) is 18.2 Å². The predicted molar refractivity (Wildman–Crippen MR) is 107 cm³/mol. The first-order chi connectivity index (χ1) is 14.3. The van der Waals surface area contributed by atoms with Gasteiger partial charge in [-0.15, -0.1) is 0 Å². The number of hydrogen-bond acceptors (Lipinski definition) is 5. The predicted octanol–water partition coefficient (Wildman–Crippen LogP) is 4.09. The first kappa shape index (κ1) is 19.7. The van der Waals surface area contributed by atoms with E-state index < -0.39 is 30.1 Å². The summed E-state index contributed by atoms with van der Waals surface area (Å²) in [4.78, 5) is 31.7. The van der Waals surface area contributed by atoms with E-state index in [-0.39, 0.29) is 11.6 Å². The Morgan fingerprint density at radius 3 is 2.63 bits per heavy atom. The fourth-order valence-electron chi connectivity index (χ4n) is 3.28. The fourth-order valence-corrected chi connectivity index (χ4v) is 3.28. The standard InChI is InChI=1S/C21H18F2N4O3/c1-11(12-4-2-5-13(8-12)27-19(28)16-9-21(16,22)23)26-18-14-6-3-7-15(20(29)30)17(14)24-10-25-18/h2-8,10-11,16H,9H2,1H3,(H,27,28)(H,29,30)(H,24,25,26). The van der Waals surface area contributed by atoms with Crippen LogP contribution in [0.15, 0.2) is 48.8 Å². The summed E-state index contributed by atoms with van der Waals surface area (Å²) < 4.78 is 26.2. The van der Waals surface area contributed by atoms with Crippen LogP contribution in [0.5, 0.6) is 0 Å². The van der Waals surface area contributed by atoms with Crippen molar-refractivity contribution >= 4 is 34.3 Å². The Bertz CT molecular complexity index is 1150. The van der Waals surface area contributed by atoms with Crippen molar-refractivity contribution in [1.29, 1.82) is 0 Å². The highest BCUT2D eigenvalue weighted by Gasteiger charge is 2.61. The van der Waals surface area contributed by atoms with Crippen LogP contribution in [0.4, 0.5) is 20.3 Å². The van der Waals surface area contributed by atoms with Gasteiger partial charge in [0.1, 0.15) is 18.1 Å². The molecule has 0 spiro atoms. The van der Waals surface area contributed by atoms with E-state index in [1.807, 2.05) is 13.0 Å². The highest BCUT2D eigenvalue weighted by Crippen LogP contribution is 2.49. The Balaban J connectivity index is 1.55. The lowest BCUT2D eigenvalue weighted by Crippen LogP contribution is -2.18. The molecule has 0 bridgehead atoms. The molecule has 30 heavy (non-hydrogen) atoms. The van der Waals surface area contributed by atoms with Gasteiger partial charge in [0.2, 0.25) is 5.91 Å². The monoisotopic (exact) mass is 412 g/mol. The van der Waals surface area contributed by atoms with Crippen molar-refractivity contribution in [2.24, 2.45) is 5.92 Å². The maximum absolute atomic E-state index is 13.1. The smallest absolute Gasteiger partial charge is 0.337 e. The third kappa shape index (κ3) is 3.78. The molecule has 0 aliphatic heterocycles. The quantitative estimate of drug-likeness (QED) is 0.563. The molecule has 0 saturated heterocycles. The Hall–Kier alpha value is -3.62. The van der Waals surface area contributed by atoms with Gasteiger partial charge in [0.15, 0.2) is 0 Å². The summed E-state index contributed by atoms with van der Waals surface area (Å²) in [5, 5.41) is 15.7. The van der Waals surface area contributed by atoms with Crippen molar-refractivity contribution in [3.63, 3.8) is 0 Å². The van der Waals surface area contributed by atoms with E-state index in [1.165, 1.54) is 12.4 Å². The zero-order valence-electron chi connectivity index (χ0n) is 15.9. The molecule has 0 radical (unpaired) electrons. The molecule has 1 aliphatic carbocycles. The zero-order valence-corrected chi connectivity index (χ0v) is 15.9. The SMILES string of the molecule is CC(Nc1ncnc2c(C(=O)O)cccc12)c1cccc(NC(=O)C2CC2(F)F)c1. The molecule has 2 atom stereocenters. The van der Waals surface area contributed by atoms with E-state index in [4.69, 9.17) is 0 Å². The molecule has 3 N–H and O–H groups in total. The van der Waals surface area contributed by atoms with Crippen molar-refractivity contribution < 1.29 is 23.5 Å². The average Bonchev–Trinajstić information content (AvgIpc) is 3.36. The topological polar surface area (TPSA) is 104 Å². The number of alkyl halides is 2. The van der Waals surface area contributed by atoms with Crippen LogP contribution in [-0.2, 0) is 4.79 Å². The number of halogens is 2. The summed E-state index contributed by atoms with van der Waals surface area (Å²) in [5.41, 5.74) is 1.61. The Morgan fingerprint density at radius 2 is 1.93 bits per heavy atom. The number of carboxylic acids is 1. The van der Waals surface area contributed by atoms with Crippen LogP contribution in [0, 0.1) is 5.92 Å². The molecule has 7 nitrogen and oxygen atoms in total. The normalized spacial score (nSPS) is 17.9. The van der Waals surface area contributed by atoms with Gasteiger partial charge < -0.3 is 15.7 Å². The number of nitrogens with one attached hydrogen (secondary N) is 2.